The van der Waals surface area contributed by atoms with Gasteiger partial charge in [0.25, 0.3) is 0 Å². The fourth-order valence-electron chi connectivity index (χ4n) is 1.50. The first-order valence-electron chi connectivity index (χ1n) is 5.39. The zero-order valence-corrected chi connectivity index (χ0v) is 10.3. The molecule has 16 heavy (non-hydrogen) atoms. The van der Waals surface area contributed by atoms with E-state index < -0.39 is 0 Å². The lowest BCUT2D eigenvalue weighted by molar-refractivity contribution is 0.0333. The summed E-state index contributed by atoms with van der Waals surface area (Å²) < 4.78 is 15.5. The molecule has 0 spiro atoms. The molecule has 1 aromatic rings. The van der Waals surface area contributed by atoms with Gasteiger partial charge in [0.05, 0.1) is 6.61 Å². The highest BCUT2D eigenvalue weighted by Crippen LogP contribution is 2.21. The number of hydrogen-bond acceptors (Lipinski definition) is 4. The summed E-state index contributed by atoms with van der Waals surface area (Å²) in [6.45, 7) is 8.67. The lowest BCUT2D eigenvalue weighted by Crippen LogP contribution is -2.12. The topological polar surface area (TPSA) is 48.7 Å². The van der Waals surface area contributed by atoms with E-state index in [4.69, 9.17) is 13.9 Å². The van der Waals surface area contributed by atoms with Crippen LogP contribution in [0.1, 0.15) is 34.4 Å². The van der Waals surface area contributed by atoms with Crippen molar-refractivity contribution in [3.63, 3.8) is 0 Å². The minimum atomic E-state index is -0.341. The zero-order chi connectivity index (χ0) is 12.1. The summed E-state index contributed by atoms with van der Waals surface area (Å²) in [5.41, 5.74) is 1.38. The highest BCUT2D eigenvalue weighted by molar-refractivity contribution is 5.92. The molecule has 0 unspecified atom stereocenters. The first kappa shape index (κ1) is 12.8. The Labute approximate surface area is 95.5 Å². The van der Waals surface area contributed by atoms with Crippen LogP contribution in [-0.4, -0.2) is 25.8 Å². The summed E-state index contributed by atoms with van der Waals surface area (Å²) in [6.07, 6.45) is 0. The van der Waals surface area contributed by atoms with Crippen molar-refractivity contribution >= 4 is 5.97 Å². The molecule has 1 rings (SSSR count). The molecular formula is C12H18O4. The van der Waals surface area contributed by atoms with Crippen molar-refractivity contribution in [1.82, 2.24) is 0 Å². The average Bonchev–Trinajstić information content (AvgIpc) is 2.48. The van der Waals surface area contributed by atoms with E-state index >= 15 is 0 Å². The molecule has 4 heteroatoms. The molecule has 4 nitrogen and oxygen atoms in total. The molecule has 0 aliphatic heterocycles. The van der Waals surface area contributed by atoms with Gasteiger partial charge in [0.2, 0.25) is 0 Å². The first-order chi connectivity index (χ1) is 7.57. The fraction of sp³-hybridized carbons (Fsp3) is 0.583. The highest BCUT2D eigenvalue weighted by Gasteiger charge is 2.19. The van der Waals surface area contributed by atoms with Crippen molar-refractivity contribution in [2.45, 2.75) is 27.7 Å². The molecule has 0 radical (unpaired) electrons. The Hall–Kier alpha value is -1.29. The van der Waals surface area contributed by atoms with Crippen LogP contribution < -0.4 is 0 Å². The Balaban J connectivity index is 2.59. The molecule has 1 aromatic heterocycles. The molecule has 0 atom stereocenters. The van der Waals surface area contributed by atoms with Crippen molar-refractivity contribution in [2.75, 3.05) is 19.8 Å². The van der Waals surface area contributed by atoms with Crippen molar-refractivity contribution in [3.8, 4) is 0 Å². The molecule has 0 fully saturated rings. The van der Waals surface area contributed by atoms with Crippen LogP contribution in [0.25, 0.3) is 0 Å². The number of carbonyl (C=O) groups excluding carboxylic acids is 1. The van der Waals surface area contributed by atoms with E-state index in [1.807, 2.05) is 20.8 Å². The van der Waals surface area contributed by atoms with Gasteiger partial charge < -0.3 is 13.9 Å². The number of ether oxygens (including phenoxy) is 2. The zero-order valence-electron chi connectivity index (χ0n) is 10.3. The molecule has 0 amide bonds. The molecule has 0 aromatic carbocycles. The Bertz CT molecular complexity index is 365. The third kappa shape index (κ3) is 2.85. The normalized spacial score (nSPS) is 10.5. The predicted octanol–water partition coefficient (Wildman–Crippen LogP) is 2.40. The van der Waals surface area contributed by atoms with Gasteiger partial charge in [-0.2, -0.15) is 0 Å². The van der Waals surface area contributed by atoms with E-state index in [1.54, 1.807) is 6.92 Å². The molecular weight excluding hydrogens is 208 g/mol. The summed E-state index contributed by atoms with van der Waals surface area (Å²) >= 11 is 0. The summed E-state index contributed by atoms with van der Waals surface area (Å²) in [5.74, 6) is 1.03. The van der Waals surface area contributed by atoms with Crippen molar-refractivity contribution < 1.29 is 18.7 Å². The minimum Gasteiger partial charge on any atom is -0.465 e. The maximum absolute atomic E-state index is 11.7. The average molecular weight is 226 g/mol. The number of carbonyl (C=O) groups is 1. The molecule has 0 N–H and O–H groups in total. The monoisotopic (exact) mass is 226 g/mol. The van der Waals surface area contributed by atoms with Crippen molar-refractivity contribution in [1.29, 1.82) is 0 Å². The minimum absolute atomic E-state index is 0.274. The summed E-state index contributed by atoms with van der Waals surface area (Å²) in [4.78, 5) is 11.7. The highest BCUT2D eigenvalue weighted by atomic mass is 16.6. The number of rotatable bonds is 5. The quantitative estimate of drug-likeness (QED) is 0.571. The lowest BCUT2D eigenvalue weighted by atomic mass is 10.1. The fourth-order valence-corrected chi connectivity index (χ4v) is 1.50. The molecule has 90 valence electrons. The summed E-state index contributed by atoms with van der Waals surface area (Å²) in [7, 11) is 0. The molecule has 0 aliphatic rings. The van der Waals surface area contributed by atoms with Crippen LogP contribution >= 0.6 is 0 Å². The second-order valence-electron chi connectivity index (χ2n) is 3.55. The maximum atomic E-state index is 11.7. The van der Waals surface area contributed by atoms with Gasteiger partial charge in [-0.05, 0) is 27.7 Å². The number of hydrogen-bond donors (Lipinski definition) is 0. The standard InChI is InChI=1S/C12H18O4/c1-5-14-6-7-15-12(13)11-8(2)9(3)16-10(11)4/h5-7H2,1-4H3. The van der Waals surface area contributed by atoms with Gasteiger partial charge in [0, 0.05) is 12.2 Å². The van der Waals surface area contributed by atoms with Crippen molar-refractivity contribution in [3.05, 3.63) is 22.6 Å². The second-order valence-corrected chi connectivity index (χ2v) is 3.55. The molecule has 0 saturated heterocycles. The van der Waals surface area contributed by atoms with Crippen LogP contribution in [0.15, 0.2) is 4.42 Å². The Morgan fingerprint density at radius 1 is 1.19 bits per heavy atom. The van der Waals surface area contributed by atoms with Gasteiger partial charge in [-0.3, -0.25) is 0 Å². The summed E-state index contributed by atoms with van der Waals surface area (Å²) in [6, 6.07) is 0. The first-order valence-corrected chi connectivity index (χ1v) is 5.39. The lowest BCUT2D eigenvalue weighted by Gasteiger charge is -2.04. The van der Waals surface area contributed by atoms with Crippen LogP contribution in [0.3, 0.4) is 0 Å². The van der Waals surface area contributed by atoms with E-state index in [0.29, 0.717) is 24.5 Å². The Kier molecular flexibility index (Phi) is 4.55. The van der Waals surface area contributed by atoms with Crippen molar-refractivity contribution in [2.24, 2.45) is 0 Å². The Morgan fingerprint density at radius 3 is 2.38 bits per heavy atom. The third-order valence-electron chi connectivity index (χ3n) is 2.43. The van der Waals surface area contributed by atoms with Crippen LogP contribution in [0.5, 0.6) is 0 Å². The van der Waals surface area contributed by atoms with Crippen LogP contribution in [-0.2, 0) is 9.47 Å². The van der Waals surface area contributed by atoms with Gasteiger partial charge in [-0.15, -0.1) is 0 Å². The molecule has 0 bridgehead atoms. The number of furan rings is 1. The third-order valence-corrected chi connectivity index (χ3v) is 2.43. The summed E-state index contributed by atoms with van der Waals surface area (Å²) in [5, 5.41) is 0. The van der Waals surface area contributed by atoms with Gasteiger partial charge in [-0.1, -0.05) is 0 Å². The van der Waals surface area contributed by atoms with Gasteiger partial charge in [0.1, 0.15) is 23.7 Å². The van der Waals surface area contributed by atoms with Crippen LogP contribution in [0.4, 0.5) is 0 Å². The predicted molar refractivity (Wildman–Crippen MR) is 59.7 cm³/mol. The SMILES string of the molecule is CCOCCOC(=O)c1c(C)oc(C)c1C. The molecule has 0 aliphatic carbocycles. The largest absolute Gasteiger partial charge is 0.465 e. The second kappa shape index (κ2) is 5.70. The van der Waals surface area contributed by atoms with Crippen LogP contribution in [0, 0.1) is 20.8 Å². The Morgan fingerprint density at radius 2 is 1.88 bits per heavy atom. The smallest absolute Gasteiger partial charge is 0.342 e. The van der Waals surface area contributed by atoms with E-state index in [0.717, 1.165) is 11.3 Å². The van der Waals surface area contributed by atoms with Gasteiger partial charge in [0.15, 0.2) is 0 Å². The van der Waals surface area contributed by atoms with Crippen LogP contribution in [0.2, 0.25) is 0 Å². The van der Waals surface area contributed by atoms with Gasteiger partial charge >= 0.3 is 5.97 Å². The van der Waals surface area contributed by atoms with E-state index in [2.05, 4.69) is 0 Å². The van der Waals surface area contributed by atoms with E-state index in [9.17, 15) is 4.79 Å². The van der Waals surface area contributed by atoms with Gasteiger partial charge in [-0.25, -0.2) is 4.79 Å². The molecule has 1 heterocycles. The van der Waals surface area contributed by atoms with E-state index in [-0.39, 0.29) is 12.6 Å². The van der Waals surface area contributed by atoms with E-state index in [1.165, 1.54) is 0 Å². The maximum Gasteiger partial charge on any atom is 0.342 e. The number of esters is 1. The molecule has 0 saturated carbocycles. The number of aryl methyl sites for hydroxylation is 2.